The van der Waals surface area contributed by atoms with Crippen molar-refractivity contribution in [2.75, 3.05) is 31.2 Å². The van der Waals surface area contributed by atoms with Crippen molar-refractivity contribution in [1.82, 2.24) is 5.16 Å². The lowest BCUT2D eigenvalue weighted by molar-refractivity contribution is -0.140. The summed E-state index contributed by atoms with van der Waals surface area (Å²) in [6.07, 6.45) is 0. The van der Waals surface area contributed by atoms with Crippen LogP contribution >= 0.6 is 0 Å². The minimum absolute atomic E-state index is 0.0343. The second kappa shape index (κ2) is 5.39. The van der Waals surface area contributed by atoms with Crippen LogP contribution in [-0.2, 0) is 9.53 Å². The number of carboxylic acid groups (broad SMARTS) is 1. The normalized spacial score (nSPS) is 18.1. The monoisotopic (exact) mass is 254 g/mol. The predicted molar refractivity (Wildman–Crippen MR) is 64.7 cm³/mol. The van der Waals surface area contributed by atoms with E-state index in [0.29, 0.717) is 24.8 Å². The summed E-state index contributed by atoms with van der Waals surface area (Å²) in [7, 11) is 0. The Balaban J connectivity index is 2.15. The van der Waals surface area contributed by atoms with Crippen molar-refractivity contribution < 1.29 is 19.2 Å². The van der Waals surface area contributed by atoms with E-state index in [1.165, 1.54) is 0 Å². The average molecular weight is 254 g/mol. The summed E-state index contributed by atoms with van der Waals surface area (Å²) in [6, 6.07) is 1.73. The molecule has 18 heavy (non-hydrogen) atoms. The number of hydrogen-bond donors (Lipinski definition) is 1. The van der Waals surface area contributed by atoms with Gasteiger partial charge in [-0.3, -0.25) is 4.79 Å². The molecule has 6 nitrogen and oxygen atoms in total. The largest absolute Gasteiger partial charge is 0.481 e. The van der Waals surface area contributed by atoms with E-state index in [9.17, 15) is 9.90 Å². The smallest absolute Gasteiger partial charge is 0.314 e. The van der Waals surface area contributed by atoms with Gasteiger partial charge >= 0.3 is 5.97 Å². The number of carboxylic acids is 1. The minimum Gasteiger partial charge on any atom is -0.481 e. The third-order valence-corrected chi connectivity index (χ3v) is 3.09. The number of anilines is 1. The lowest BCUT2D eigenvalue weighted by Gasteiger charge is -2.25. The number of aliphatic carboxylic acids is 1. The molecule has 1 fully saturated rings. The van der Waals surface area contributed by atoms with Crippen molar-refractivity contribution >= 4 is 11.8 Å². The summed E-state index contributed by atoms with van der Waals surface area (Å²) < 4.78 is 10.4. The topological polar surface area (TPSA) is 75.8 Å². The van der Waals surface area contributed by atoms with Crippen LogP contribution in [0.2, 0.25) is 0 Å². The molecule has 0 radical (unpaired) electrons. The van der Waals surface area contributed by atoms with Crippen molar-refractivity contribution in [3.05, 3.63) is 11.8 Å². The van der Waals surface area contributed by atoms with Gasteiger partial charge in [-0.25, -0.2) is 0 Å². The van der Waals surface area contributed by atoms with E-state index in [2.05, 4.69) is 5.16 Å². The summed E-state index contributed by atoms with van der Waals surface area (Å²) in [6.45, 7) is 6.55. The predicted octanol–water partition coefficient (Wildman–Crippen LogP) is 1.34. The molecular formula is C12H18N2O4. The van der Waals surface area contributed by atoms with E-state index in [4.69, 9.17) is 9.26 Å². The minimum atomic E-state index is -0.880. The van der Waals surface area contributed by atoms with Gasteiger partial charge in [-0.15, -0.1) is 0 Å². The van der Waals surface area contributed by atoms with Crippen LogP contribution in [0.1, 0.15) is 25.5 Å². The SMILES string of the molecule is CC(C)C(C(=O)O)c1cc(N2CCOCC2)no1. The Kier molecular flexibility index (Phi) is 3.86. The molecule has 2 rings (SSSR count). The van der Waals surface area contributed by atoms with Gasteiger partial charge < -0.3 is 19.3 Å². The maximum atomic E-state index is 11.2. The number of nitrogens with zero attached hydrogens (tertiary/aromatic N) is 2. The Hall–Kier alpha value is -1.56. The van der Waals surface area contributed by atoms with Crippen molar-refractivity contribution in [3.63, 3.8) is 0 Å². The first-order valence-electron chi connectivity index (χ1n) is 6.11. The lowest BCUT2D eigenvalue weighted by atomic mass is 9.93. The molecule has 1 unspecified atom stereocenters. The Bertz CT molecular complexity index is 410. The fourth-order valence-corrected chi connectivity index (χ4v) is 2.10. The molecule has 2 heterocycles. The molecule has 1 aromatic rings. The second-order valence-corrected chi connectivity index (χ2v) is 4.75. The maximum absolute atomic E-state index is 11.2. The van der Waals surface area contributed by atoms with E-state index in [1.807, 2.05) is 18.7 Å². The average Bonchev–Trinajstić information content (AvgIpc) is 2.78. The van der Waals surface area contributed by atoms with Crippen molar-refractivity contribution in [1.29, 1.82) is 0 Å². The highest BCUT2D eigenvalue weighted by atomic mass is 16.5. The van der Waals surface area contributed by atoms with Gasteiger partial charge in [0, 0.05) is 19.2 Å². The zero-order chi connectivity index (χ0) is 13.1. The molecule has 0 aromatic carbocycles. The van der Waals surface area contributed by atoms with Crippen LogP contribution in [0.15, 0.2) is 10.6 Å². The first-order chi connectivity index (χ1) is 8.59. The first-order valence-corrected chi connectivity index (χ1v) is 6.11. The molecule has 1 atom stereocenters. The molecule has 0 spiro atoms. The molecule has 6 heteroatoms. The zero-order valence-electron chi connectivity index (χ0n) is 10.6. The molecule has 1 aliphatic rings. The van der Waals surface area contributed by atoms with E-state index in [-0.39, 0.29) is 5.92 Å². The van der Waals surface area contributed by atoms with Gasteiger partial charge in [0.2, 0.25) is 0 Å². The lowest BCUT2D eigenvalue weighted by Crippen LogP contribution is -2.36. The van der Waals surface area contributed by atoms with Crippen molar-refractivity contribution in [2.24, 2.45) is 5.92 Å². The van der Waals surface area contributed by atoms with Crippen LogP contribution < -0.4 is 4.90 Å². The number of carbonyl (C=O) groups is 1. The molecule has 1 saturated heterocycles. The number of hydrogen-bond acceptors (Lipinski definition) is 5. The van der Waals surface area contributed by atoms with E-state index >= 15 is 0 Å². The van der Waals surface area contributed by atoms with Crippen LogP contribution in [0.3, 0.4) is 0 Å². The number of morpholine rings is 1. The summed E-state index contributed by atoms with van der Waals surface area (Å²) >= 11 is 0. The molecular weight excluding hydrogens is 236 g/mol. The first kappa shape index (κ1) is 12.9. The molecule has 1 N–H and O–H groups in total. The molecule has 0 saturated carbocycles. The molecule has 0 bridgehead atoms. The molecule has 0 aliphatic carbocycles. The zero-order valence-corrected chi connectivity index (χ0v) is 10.6. The Morgan fingerprint density at radius 2 is 2.11 bits per heavy atom. The summed E-state index contributed by atoms with van der Waals surface area (Å²) in [4.78, 5) is 13.2. The van der Waals surface area contributed by atoms with Gasteiger partial charge in [-0.05, 0) is 5.92 Å². The van der Waals surface area contributed by atoms with Crippen LogP contribution in [-0.4, -0.2) is 42.5 Å². The van der Waals surface area contributed by atoms with Gasteiger partial charge in [-0.1, -0.05) is 19.0 Å². The van der Waals surface area contributed by atoms with Crippen molar-refractivity contribution in [3.8, 4) is 0 Å². The van der Waals surface area contributed by atoms with Crippen LogP contribution in [0.25, 0.3) is 0 Å². The molecule has 1 aromatic heterocycles. The molecule has 0 amide bonds. The highest BCUT2D eigenvalue weighted by Crippen LogP contribution is 2.28. The maximum Gasteiger partial charge on any atom is 0.314 e. The highest BCUT2D eigenvalue weighted by Gasteiger charge is 2.29. The fourth-order valence-electron chi connectivity index (χ4n) is 2.10. The third-order valence-electron chi connectivity index (χ3n) is 3.09. The second-order valence-electron chi connectivity index (χ2n) is 4.75. The van der Waals surface area contributed by atoms with Crippen molar-refractivity contribution in [2.45, 2.75) is 19.8 Å². The summed E-state index contributed by atoms with van der Waals surface area (Å²) in [5.74, 6) is -0.450. The van der Waals surface area contributed by atoms with Gasteiger partial charge in [0.1, 0.15) is 5.92 Å². The third kappa shape index (κ3) is 2.64. The Morgan fingerprint density at radius 1 is 1.44 bits per heavy atom. The summed E-state index contributed by atoms with van der Waals surface area (Å²) in [5, 5.41) is 13.2. The Morgan fingerprint density at radius 3 is 2.67 bits per heavy atom. The van der Waals surface area contributed by atoms with Gasteiger partial charge in [0.05, 0.1) is 13.2 Å². The Labute approximate surface area is 106 Å². The number of rotatable bonds is 4. The van der Waals surface area contributed by atoms with Crippen LogP contribution in [0.5, 0.6) is 0 Å². The van der Waals surface area contributed by atoms with Crippen LogP contribution in [0, 0.1) is 5.92 Å². The van der Waals surface area contributed by atoms with Gasteiger partial charge in [-0.2, -0.15) is 0 Å². The quantitative estimate of drug-likeness (QED) is 0.873. The van der Waals surface area contributed by atoms with Crippen LogP contribution in [0.4, 0.5) is 5.82 Å². The van der Waals surface area contributed by atoms with Gasteiger partial charge in [0.25, 0.3) is 0 Å². The van der Waals surface area contributed by atoms with E-state index < -0.39 is 11.9 Å². The van der Waals surface area contributed by atoms with E-state index in [1.54, 1.807) is 6.07 Å². The number of aromatic nitrogens is 1. The number of ether oxygens (including phenoxy) is 1. The molecule has 100 valence electrons. The van der Waals surface area contributed by atoms with E-state index in [0.717, 1.165) is 13.1 Å². The standard InChI is InChI=1S/C12H18N2O4/c1-8(2)11(12(15)16)9-7-10(13-18-9)14-3-5-17-6-4-14/h7-8,11H,3-6H2,1-2H3,(H,15,16). The fraction of sp³-hybridized carbons (Fsp3) is 0.667. The molecule has 1 aliphatic heterocycles. The highest BCUT2D eigenvalue weighted by molar-refractivity contribution is 5.75. The van der Waals surface area contributed by atoms with Gasteiger partial charge in [0.15, 0.2) is 11.6 Å². The summed E-state index contributed by atoms with van der Waals surface area (Å²) in [5.41, 5.74) is 0.